The van der Waals surface area contributed by atoms with E-state index in [-0.39, 0.29) is 11.5 Å². The van der Waals surface area contributed by atoms with E-state index in [9.17, 15) is 10.2 Å². The van der Waals surface area contributed by atoms with Gasteiger partial charge in [-0.25, -0.2) is 0 Å². The SMILES string of the molecule is CN(CCCCCCCCCN1CCC(OC2CCN(CCCCCCCCCN(C)Cc3cccc(O)c3Cl)CC2)CC1)Cc1cccc(O)c1Cl. The molecule has 53 heavy (non-hydrogen) atoms. The van der Waals surface area contributed by atoms with Crippen molar-refractivity contribution in [2.24, 2.45) is 0 Å². The van der Waals surface area contributed by atoms with Crippen LogP contribution in [0.5, 0.6) is 11.5 Å². The first-order valence-corrected chi connectivity index (χ1v) is 21.9. The van der Waals surface area contributed by atoms with Crippen molar-refractivity contribution in [3.63, 3.8) is 0 Å². The molecule has 2 aliphatic rings. The minimum Gasteiger partial charge on any atom is -0.506 e. The Morgan fingerprint density at radius 1 is 0.547 bits per heavy atom. The van der Waals surface area contributed by atoms with E-state index < -0.39 is 0 Å². The molecule has 0 atom stereocenters. The van der Waals surface area contributed by atoms with Crippen LogP contribution >= 0.6 is 23.2 Å². The number of hydrogen-bond donors (Lipinski definition) is 2. The van der Waals surface area contributed by atoms with Crippen LogP contribution in [-0.2, 0) is 17.8 Å². The zero-order chi connectivity index (χ0) is 37.7. The third kappa shape index (κ3) is 17.4. The van der Waals surface area contributed by atoms with Crippen LogP contribution in [0.2, 0.25) is 10.0 Å². The van der Waals surface area contributed by atoms with E-state index in [4.69, 9.17) is 27.9 Å². The van der Waals surface area contributed by atoms with Crippen LogP contribution in [0.15, 0.2) is 36.4 Å². The van der Waals surface area contributed by atoms with Crippen LogP contribution in [0.1, 0.15) is 127 Å². The van der Waals surface area contributed by atoms with Gasteiger partial charge in [-0.15, -0.1) is 0 Å². The number of piperidine rings is 2. The van der Waals surface area contributed by atoms with E-state index in [0.717, 1.165) is 37.3 Å². The van der Waals surface area contributed by atoms with Gasteiger partial charge in [-0.2, -0.15) is 0 Å². The fourth-order valence-electron chi connectivity index (χ4n) is 8.13. The fourth-order valence-corrected chi connectivity index (χ4v) is 8.50. The Morgan fingerprint density at radius 3 is 1.26 bits per heavy atom. The molecule has 2 aromatic carbocycles. The number of nitrogens with zero attached hydrogens (tertiary/aromatic N) is 4. The minimum atomic E-state index is 0.172. The predicted octanol–water partition coefficient (Wildman–Crippen LogP) is 10.4. The molecule has 0 amide bonds. The molecule has 0 aromatic heterocycles. The van der Waals surface area contributed by atoms with Gasteiger partial charge in [-0.3, -0.25) is 0 Å². The second kappa shape index (κ2) is 25.6. The molecule has 0 radical (unpaired) electrons. The standard InChI is InChI=1S/C44H72Cl2N4O3/c1-47(35-37-19-17-21-41(51)43(37)45)27-13-9-5-3-7-11-15-29-49-31-23-39(24-32-49)53-40-25-33-50(34-26-40)30-16-12-8-4-6-10-14-28-48(2)36-38-20-18-22-42(52)44(38)46/h17-22,39-40,51-52H,3-16,23-36H2,1-2H3. The maximum atomic E-state index is 9.81. The summed E-state index contributed by atoms with van der Waals surface area (Å²) >= 11 is 12.5. The highest BCUT2D eigenvalue weighted by Crippen LogP contribution is 2.29. The Morgan fingerprint density at radius 2 is 0.887 bits per heavy atom. The number of halogens is 2. The van der Waals surface area contributed by atoms with Gasteiger partial charge in [-0.1, -0.05) is 112 Å². The van der Waals surface area contributed by atoms with Gasteiger partial charge in [0.2, 0.25) is 0 Å². The molecule has 0 aliphatic carbocycles. The van der Waals surface area contributed by atoms with E-state index in [1.807, 2.05) is 24.3 Å². The summed E-state index contributed by atoms with van der Waals surface area (Å²) in [4.78, 5) is 9.94. The average molecular weight is 776 g/mol. The van der Waals surface area contributed by atoms with Gasteiger partial charge in [0.15, 0.2) is 0 Å². The highest BCUT2D eigenvalue weighted by atomic mass is 35.5. The lowest BCUT2D eigenvalue weighted by Crippen LogP contribution is -2.42. The number of benzene rings is 2. The minimum absolute atomic E-state index is 0.172. The van der Waals surface area contributed by atoms with Crippen LogP contribution in [0.25, 0.3) is 0 Å². The summed E-state index contributed by atoms with van der Waals surface area (Å²) in [5.74, 6) is 0.343. The van der Waals surface area contributed by atoms with Crippen LogP contribution in [-0.4, -0.2) is 108 Å². The summed E-state index contributed by atoms with van der Waals surface area (Å²) in [5.41, 5.74) is 1.99. The van der Waals surface area contributed by atoms with E-state index >= 15 is 0 Å². The molecule has 0 saturated carbocycles. The Bertz CT molecular complexity index is 1170. The number of likely N-dealkylation sites (tertiary alicyclic amines) is 2. The molecule has 300 valence electrons. The highest BCUT2D eigenvalue weighted by Gasteiger charge is 2.25. The maximum absolute atomic E-state index is 9.81. The van der Waals surface area contributed by atoms with E-state index in [0.29, 0.717) is 22.3 Å². The van der Waals surface area contributed by atoms with Gasteiger partial charge in [0.05, 0.1) is 22.3 Å². The number of aromatic hydroxyl groups is 2. The molecule has 2 heterocycles. The highest BCUT2D eigenvalue weighted by molar-refractivity contribution is 6.33. The van der Waals surface area contributed by atoms with Gasteiger partial charge in [0.1, 0.15) is 11.5 Å². The van der Waals surface area contributed by atoms with Crippen molar-refractivity contribution in [3.05, 3.63) is 57.6 Å². The van der Waals surface area contributed by atoms with Crippen molar-refractivity contribution < 1.29 is 14.9 Å². The first-order chi connectivity index (χ1) is 25.8. The lowest BCUT2D eigenvalue weighted by Gasteiger charge is -2.37. The molecule has 2 N–H and O–H groups in total. The fraction of sp³-hybridized carbons (Fsp3) is 0.727. The summed E-state index contributed by atoms with van der Waals surface area (Å²) in [6.07, 6.45) is 24.2. The van der Waals surface area contributed by atoms with Crippen molar-refractivity contribution >= 4 is 23.2 Å². The molecule has 9 heteroatoms. The number of hydrogen-bond acceptors (Lipinski definition) is 7. The molecule has 0 spiro atoms. The first-order valence-electron chi connectivity index (χ1n) is 21.2. The Kier molecular flexibility index (Phi) is 21.3. The smallest absolute Gasteiger partial charge is 0.134 e. The molecule has 2 aromatic rings. The summed E-state index contributed by atoms with van der Waals surface area (Å²) in [7, 11) is 4.27. The first kappa shape index (κ1) is 44.1. The topological polar surface area (TPSA) is 62.7 Å². The van der Waals surface area contributed by atoms with Crippen molar-refractivity contribution in [2.75, 3.05) is 66.5 Å². The van der Waals surface area contributed by atoms with Crippen LogP contribution in [0.3, 0.4) is 0 Å². The second-order valence-corrected chi connectivity index (χ2v) is 16.9. The van der Waals surface area contributed by atoms with Gasteiger partial charge >= 0.3 is 0 Å². The quantitative estimate of drug-likeness (QED) is 0.0923. The second-order valence-electron chi connectivity index (χ2n) is 16.1. The predicted molar refractivity (Wildman–Crippen MR) is 224 cm³/mol. The van der Waals surface area contributed by atoms with E-state index in [2.05, 4.69) is 33.7 Å². The van der Waals surface area contributed by atoms with Gasteiger partial charge in [0, 0.05) is 39.3 Å². The lowest BCUT2D eigenvalue weighted by atomic mass is 10.0. The summed E-state index contributed by atoms with van der Waals surface area (Å²) < 4.78 is 6.63. The van der Waals surface area contributed by atoms with E-state index in [1.54, 1.807) is 12.1 Å². The monoisotopic (exact) mass is 774 g/mol. The molecular formula is C44H72Cl2N4O3. The number of phenolic OH excluding ortho intramolecular Hbond substituents is 2. The summed E-state index contributed by atoms with van der Waals surface area (Å²) in [6, 6.07) is 11.0. The molecule has 2 aliphatic heterocycles. The third-order valence-corrected chi connectivity index (χ3v) is 12.4. The van der Waals surface area contributed by atoms with E-state index in [1.165, 1.54) is 155 Å². The molecule has 0 unspecified atom stereocenters. The molecule has 7 nitrogen and oxygen atoms in total. The zero-order valence-corrected chi connectivity index (χ0v) is 34.8. The third-order valence-electron chi connectivity index (χ3n) is 11.5. The largest absolute Gasteiger partial charge is 0.506 e. The molecule has 2 fully saturated rings. The van der Waals surface area contributed by atoms with Crippen LogP contribution in [0, 0.1) is 0 Å². The number of ether oxygens (including phenoxy) is 1. The van der Waals surface area contributed by atoms with Crippen molar-refractivity contribution in [1.82, 2.24) is 19.6 Å². The van der Waals surface area contributed by atoms with Crippen molar-refractivity contribution in [2.45, 2.75) is 141 Å². The van der Waals surface area contributed by atoms with Crippen LogP contribution in [0.4, 0.5) is 0 Å². The number of rotatable bonds is 26. The Hall–Kier alpha value is -1.58. The number of unbranched alkanes of at least 4 members (excludes halogenated alkanes) is 12. The summed E-state index contributed by atoms with van der Waals surface area (Å²) in [6.45, 7) is 11.0. The van der Waals surface area contributed by atoms with Crippen molar-refractivity contribution in [1.29, 1.82) is 0 Å². The van der Waals surface area contributed by atoms with Crippen LogP contribution < -0.4 is 0 Å². The molecular weight excluding hydrogens is 703 g/mol. The molecule has 4 rings (SSSR count). The zero-order valence-electron chi connectivity index (χ0n) is 33.3. The summed E-state index contributed by atoms with van der Waals surface area (Å²) in [5, 5.41) is 20.6. The van der Waals surface area contributed by atoms with Gasteiger partial charge in [0.25, 0.3) is 0 Å². The average Bonchev–Trinajstić information content (AvgIpc) is 3.15. The Labute approximate surface area is 333 Å². The van der Waals surface area contributed by atoms with Gasteiger partial charge in [-0.05, 0) is 115 Å². The lowest BCUT2D eigenvalue weighted by molar-refractivity contribution is -0.0650. The molecule has 0 bridgehead atoms. The van der Waals surface area contributed by atoms with Crippen molar-refractivity contribution in [3.8, 4) is 11.5 Å². The Balaban J connectivity index is 0.889. The number of phenols is 2. The van der Waals surface area contributed by atoms with Gasteiger partial charge < -0.3 is 34.5 Å². The maximum Gasteiger partial charge on any atom is 0.134 e. The normalized spacial score (nSPS) is 16.7. The molecule has 2 saturated heterocycles.